The summed E-state index contributed by atoms with van der Waals surface area (Å²) in [5, 5.41) is 3.33. The molecule has 1 aliphatic heterocycles. The first-order valence-electron chi connectivity index (χ1n) is 8.85. The van der Waals surface area contributed by atoms with Crippen molar-refractivity contribution in [2.75, 3.05) is 43.6 Å². The van der Waals surface area contributed by atoms with E-state index < -0.39 is 0 Å². The number of nitrogens with one attached hydrogen (secondary N) is 1. The van der Waals surface area contributed by atoms with E-state index in [9.17, 15) is 0 Å². The van der Waals surface area contributed by atoms with Gasteiger partial charge in [0, 0.05) is 48.5 Å². The molecule has 0 radical (unpaired) electrons. The third-order valence-electron chi connectivity index (χ3n) is 4.38. The summed E-state index contributed by atoms with van der Waals surface area (Å²) in [4.78, 5) is 15.4. The lowest BCUT2D eigenvalue weighted by Gasteiger charge is -2.28. The highest BCUT2D eigenvalue weighted by atomic mass is 16.5. The van der Waals surface area contributed by atoms with Crippen LogP contribution in [0.2, 0.25) is 0 Å². The summed E-state index contributed by atoms with van der Waals surface area (Å²) in [5.41, 5.74) is 3.02. The first-order chi connectivity index (χ1) is 13.3. The van der Waals surface area contributed by atoms with E-state index >= 15 is 0 Å². The van der Waals surface area contributed by atoms with Gasteiger partial charge in [-0.05, 0) is 36.4 Å². The Morgan fingerprint density at radius 3 is 2.52 bits per heavy atom. The van der Waals surface area contributed by atoms with E-state index in [0.29, 0.717) is 11.7 Å². The predicted molar refractivity (Wildman–Crippen MR) is 105 cm³/mol. The zero-order chi connectivity index (χ0) is 18.5. The van der Waals surface area contributed by atoms with Crippen LogP contribution >= 0.6 is 0 Å². The van der Waals surface area contributed by atoms with Crippen molar-refractivity contribution >= 4 is 17.2 Å². The molecule has 7 heteroatoms. The maximum Gasteiger partial charge on any atom is 0.212 e. The fraction of sp³-hybridized carbons (Fsp3) is 0.250. The quantitative estimate of drug-likeness (QED) is 0.746. The van der Waals surface area contributed by atoms with E-state index in [-0.39, 0.29) is 0 Å². The van der Waals surface area contributed by atoms with Gasteiger partial charge >= 0.3 is 0 Å². The Morgan fingerprint density at radius 2 is 1.81 bits per heavy atom. The molecule has 3 heterocycles. The molecule has 1 saturated heterocycles. The number of ether oxygens (including phenoxy) is 2. The lowest BCUT2D eigenvalue weighted by molar-refractivity contribution is 0.122. The first-order valence-corrected chi connectivity index (χ1v) is 8.85. The second-order valence-electron chi connectivity index (χ2n) is 6.13. The molecule has 4 rings (SSSR count). The largest absolute Gasteiger partial charge is 0.481 e. The Morgan fingerprint density at radius 1 is 1.00 bits per heavy atom. The number of morpholine rings is 1. The number of aromatic nitrogens is 3. The van der Waals surface area contributed by atoms with Gasteiger partial charge in [-0.3, -0.25) is 0 Å². The third kappa shape index (κ3) is 4.15. The minimum atomic E-state index is 0.563. The maximum atomic E-state index is 5.40. The van der Waals surface area contributed by atoms with Crippen LogP contribution in [0.1, 0.15) is 0 Å². The van der Waals surface area contributed by atoms with E-state index in [4.69, 9.17) is 9.47 Å². The number of pyridine rings is 1. The Labute approximate surface area is 158 Å². The van der Waals surface area contributed by atoms with Crippen LogP contribution in [-0.2, 0) is 4.74 Å². The van der Waals surface area contributed by atoms with Crippen molar-refractivity contribution in [2.24, 2.45) is 0 Å². The highest BCUT2D eigenvalue weighted by Gasteiger charge is 2.11. The van der Waals surface area contributed by atoms with Crippen molar-refractivity contribution in [3.05, 3.63) is 54.9 Å². The van der Waals surface area contributed by atoms with E-state index in [1.165, 1.54) is 5.69 Å². The van der Waals surface area contributed by atoms with Crippen LogP contribution in [0.5, 0.6) is 5.88 Å². The Kier molecular flexibility index (Phi) is 5.11. The van der Waals surface area contributed by atoms with E-state index in [1.807, 2.05) is 12.1 Å². The molecule has 0 spiro atoms. The van der Waals surface area contributed by atoms with Crippen LogP contribution in [0.3, 0.4) is 0 Å². The van der Waals surface area contributed by atoms with E-state index in [0.717, 1.165) is 43.4 Å². The fourth-order valence-electron chi connectivity index (χ4n) is 2.93. The number of nitrogens with zero attached hydrogens (tertiary/aromatic N) is 4. The molecule has 0 saturated carbocycles. The van der Waals surface area contributed by atoms with Crippen molar-refractivity contribution in [3.8, 4) is 17.3 Å². The average Bonchev–Trinajstić information content (AvgIpc) is 2.75. The molecule has 0 unspecified atom stereocenters. The third-order valence-corrected chi connectivity index (χ3v) is 4.38. The molecule has 3 aromatic rings. The van der Waals surface area contributed by atoms with E-state index in [1.54, 1.807) is 25.6 Å². The minimum absolute atomic E-state index is 0.563. The minimum Gasteiger partial charge on any atom is -0.481 e. The number of rotatable bonds is 5. The molecule has 138 valence electrons. The summed E-state index contributed by atoms with van der Waals surface area (Å²) in [6.45, 7) is 3.42. The molecule has 0 amide bonds. The molecule has 0 bridgehead atoms. The summed E-state index contributed by atoms with van der Waals surface area (Å²) >= 11 is 0. The van der Waals surface area contributed by atoms with Crippen LogP contribution in [0.25, 0.3) is 11.4 Å². The highest BCUT2D eigenvalue weighted by molar-refractivity contribution is 5.63. The number of benzene rings is 1. The van der Waals surface area contributed by atoms with Crippen molar-refractivity contribution in [1.29, 1.82) is 0 Å². The molecule has 7 nitrogen and oxygen atoms in total. The van der Waals surface area contributed by atoms with Crippen LogP contribution in [-0.4, -0.2) is 48.4 Å². The number of hydrogen-bond acceptors (Lipinski definition) is 7. The standard InChI is InChI=1S/C20H21N5O2/c1-26-19-7-2-15(14-22-19)20-21-9-8-18(24-20)23-16-3-5-17(6-4-16)25-10-12-27-13-11-25/h2-9,14H,10-13H2,1H3,(H,21,23,24). The molecular formula is C20H21N5O2. The lowest BCUT2D eigenvalue weighted by atomic mass is 10.2. The number of hydrogen-bond donors (Lipinski definition) is 1. The Balaban J connectivity index is 1.47. The van der Waals surface area contributed by atoms with Gasteiger partial charge in [0.1, 0.15) is 5.82 Å². The monoisotopic (exact) mass is 363 g/mol. The summed E-state index contributed by atoms with van der Waals surface area (Å²) in [7, 11) is 1.59. The van der Waals surface area contributed by atoms with Crippen LogP contribution in [0, 0.1) is 0 Å². The van der Waals surface area contributed by atoms with E-state index in [2.05, 4.69) is 49.4 Å². The lowest BCUT2D eigenvalue weighted by Crippen LogP contribution is -2.36. The van der Waals surface area contributed by atoms with Gasteiger partial charge in [-0.15, -0.1) is 0 Å². The summed E-state index contributed by atoms with van der Waals surface area (Å²) < 4.78 is 10.5. The van der Waals surface area contributed by atoms with Crippen LogP contribution in [0.4, 0.5) is 17.2 Å². The van der Waals surface area contributed by atoms with Crippen molar-refractivity contribution in [3.63, 3.8) is 0 Å². The smallest absolute Gasteiger partial charge is 0.212 e. The zero-order valence-electron chi connectivity index (χ0n) is 15.1. The van der Waals surface area contributed by atoms with Gasteiger partial charge in [-0.2, -0.15) is 0 Å². The van der Waals surface area contributed by atoms with Crippen molar-refractivity contribution < 1.29 is 9.47 Å². The van der Waals surface area contributed by atoms with Gasteiger partial charge in [-0.25, -0.2) is 15.0 Å². The van der Waals surface area contributed by atoms with Gasteiger partial charge in [0.25, 0.3) is 0 Å². The van der Waals surface area contributed by atoms with Crippen LogP contribution < -0.4 is 15.0 Å². The Bertz CT molecular complexity index is 878. The number of anilines is 3. The second kappa shape index (κ2) is 8.01. The summed E-state index contributed by atoms with van der Waals surface area (Å²) in [6.07, 6.45) is 3.44. The van der Waals surface area contributed by atoms with Crippen molar-refractivity contribution in [2.45, 2.75) is 0 Å². The van der Waals surface area contributed by atoms with Crippen LogP contribution in [0.15, 0.2) is 54.9 Å². The molecular weight excluding hydrogens is 342 g/mol. The first kappa shape index (κ1) is 17.2. The Hall–Kier alpha value is -3.19. The molecule has 2 aromatic heterocycles. The summed E-state index contributed by atoms with van der Waals surface area (Å²) in [5.74, 6) is 1.91. The van der Waals surface area contributed by atoms with Gasteiger partial charge in [-0.1, -0.05) is 0 Å². The molecule has 0 atom stereocenters. The molecule has 1 aliphatic rings. The normalized spacial score (nSPS) is 14.0. The highest BCUT2D eigenvalue weighted by Crippen LogP contribution is 2.23. The van der Waals surface area contributed by atoms with Crippen molar-refractivity contribution in [1.82, 2.24) is 15.0 Å². The molecule has 1 fully saturated rings. The fourth-order valence-corrected chi connectivity index (χ4v) is 2.93. The molecule has 1 aromatic carbocycles. The van der Waals surface area contributed by atoms with Gasteiger partial charge < -0.3 is 19.7 Å². The summed E-state index contributed by atoms with van der Waals surface area (Å²) in [6, 6.07) is 13.9. The van der Waals surface area contributed by atoms with Gasteiger partial charge in [0.15, 0.2) is 5.82 Å². The topological polar surface area (TPSA) is 72.4 Å². The molecule has 0 aliphatic carbocycles. The number of methoxy groups -OCH3 is 1. The van der Waals surface area contributed by atoms with Gasteiger partial charge in [0.05, 0.1) is 20.3 Å². The predicted octanol–water partition coefficient (Wildman–Crippen LogP) is 3.13. The SMILES string of the molecule is COc1ccc(-c2nccc(Nc3ccc(N4CCOCC4)cc3)n2)cn1. The molecule has 27 heavy (non-hydrogen) atoms. The second-order valence-corrected chi connectivity index (χ2v) is 6.13. The maximum absolute atomic E-state index is 5.40. The zero-order valence-corrected chi connectivity index (χ0v) is 15.1. The van der Waals surface area contributed by atoms with Gasteiger partial charge in [0.2, 0.25) is 5.88 Å². The average molecular weight is 363 g/mol. The molecule has 1 N–H and O–H groups in total.